The highest BCUT2D eigenvalue weighted by Gasteiger charge is 2.26. The number of amides is 2. The molecule has 2 saturated heterocycles. The minimum atomic E-state index is -0.501. The fraction of sp³-hybridized carbons (Fsp3) is 0.600. The van der Waals surface area contributed by atoms with Gasteiger partial charge in [0.1, 0.15) is 5.70 Å². The molecule has 0 aliphatic carbocycles. The summed E-state index contributed by atoms with van der Waals surface area (Å²) in [5.41, 5.74) is 0.874. The quantitative estimate of drug-likeness (QED) is 0.526. The number of carbonyl (C=O) groups excluding carboxylic acids is 2. The Hall–Kier alpha value is -2.52. The highest BCUT2D eigenvalue weighted by molar-refractivity contribution is 6.01. The first-order valence-electron chi connectivity index (χ1n) is 10.2. The third-order valence-corrected chi connectivity index (χ3v) is 4.97. The van der Waals surface area contributed by atoms with Crippen LogP contribution < -0.4 is 15.5 Å². The van der Waals surface area contributed by atoms with Crippen LogP contribution in [0.15, 0.2) is 18.0 Å². The Morgan fingerprint density at radius 1 is 1.21 bits per heavy atom. The van der Waals surface area contributed by atoms with Gasteiger partial charge in [-0.3, -0.25) is 19.8 Å². The zero-order chi connectivity index (χ0) is 21.1. The SMILES string of the molecule is CC.CN/C(=C\c1ccnc(N2CCC(N3CCOCC3)CC2)n1)C(=O)NC=O. The highest BCUT2D eigenvalue weighted by atomic mass is 16.5. The van der Waals surface area contributed by atoms with Crippen LogP contribution >= 0.6 is 0 Å². The number of nitrogens with zero attached hydrogens (tertiary/aromatic N) is 4. The lowest BCUT2D eigenvalue weighted by Gasteiger charge is -2.40. The van der Waals surface area contributed by atoms with Gasteiger partial charge in [-0.1, -0.05) is 13.8 Å². The number of hydrogen-bond acceptors (Lipinski definition) is 8. The molecule has 3 rings (SSSR count). The molecule has 0 atom stereocenters. The smallest absolute Gasteiger partial charge is 0.273 e. The van der Waals surface area contributed by atoms with Gasteiger partial charge in [0, 0.05) is 45.5 Å². The van der Waals surface area contributed by atoms with Gasteiger partial charge in [-0.2, -0.15) is 0 Å². The van der Waals surface area contributed by atoms with E-state index in [2.05, 4.69) is 30.4 Å². The lowest BCUT2D eigenvalue weighted by Crippen LogP contribution is -2.49. The molecule has 0 radical (unpaired) electrons. The van der Waals surface area contributed by atoms with Gasteiger partial charge in [0.25, 0.3) is 5.91 Å². The Kier molecular flexibility index (Phi) is 9.52. The molecule has 1 aromatic rings. The van der Waals surface area contributed by atoms with E-state index in [9.17, 15) is 9.59 Å². The lowest BCUT2D eigenvalue weighted by molar-refractivity contribution is -0.122. The van der Waals surface area contributed by atoms with Gasteiger partial charge in [0.05, 0.1) is 18.9 Å². The van der Waals surface area contributed by atoms with E-state index in [4.69, 9.17) is 4.74 Å². The number of morpholine rings is 1. The molecule has 2 N–H and O–H groups in total. The summed E-state index contributed by atoms with van der Waals surface area (Å²) in [5.74, 6) is 0.161. The summed E-state index contributed by atoms with van der Waals surface area (Å²) < 4.78 is 5.44. The number of anilines is 1. The van der Waals surface area contributed by atoms with E-state index >= 15 is 0 Å². The Morgan fingerprint density at radius 3 is 2.52 bits per heavy atom. The van der Waals surface area contributed by atoms with Crippen LogP contribution in [0.2, 0.25) is 0 Å². The van der Waals surface area contributed by atoms with E-state index in [1.807, 2.05) is 13.8 Å². The molecule has 2 aliphatic rings. The molecule has 1 aromatic heterocycles. The van der Waals surface area contributed by atoms with Crippen LogP contribution in [0.25, 0.3) is 6.08 Å². The molecule has 0 aromatic carbocycles. The summed E-state index contributed by atoms with van der Waals surface area (Å²) in [6.07, 6.45) is 5.80. The maximum absolute atomic E-state index is 11.8. The van der Waals surface area contributed by atoms with Gasteiger partial charge in [-0.05, 0) is 25.0 Å². The van der Waals surface area contributed by atoms with Crippen molar-refractivity contribution in [3.05, 3.63) is 23.7 Å². The predicted molar refractivity (Wildman–Crippen MR) is 112 cm³/mol. The molecule has 2 aliphatic heterocycles. The maximum atomic E-state index is 11.8. The molecule has 0 bridgehead atoms. The summed E-state index contributed by atoms with van der Waals surface area (Å²) in [4.78, 5) is 35.9. The fourth-order valence-electron chi connectivity index (χ4n) is 3.50. The molecule has 0 unspecified atom stereocenters. The van der Waals surface area contributed by atoms with E-state index in [1.165, 1.54) is 0 Å². The Balaban J connectivity index is 0.00000145. The normalized spacial score (nSPS) is 18.4. The van der Waals surface area contributed by atoms with E-state index < -0.39 is 5.91 Å². The van der Waals surface area contributed by atoms with E-state index in [0.717, 1.165) is 52.2 Å². The van der Waals surface area contributed by atoms with Gasteiger partial charge in [0.2, 0.25) is 12.4 Å². The lowest BCUT2D eigenvalue weighted by atomic mass is 10.0. The second-order valence-corrected chi connectivity index (χ2v) is 6.55. The highest BCUT2D eigenvalue weighted by Crippen LogP contribution is 2.21. The number of imide groups is 1. The van der Waals surface area contributed by atoms with Crippen LogP contribution in [0, 0.1) is 0 Å². The third kappa shape index (κ3) is 6.50. The third-order valence-electron chi connectivity index (χ3n) is 4.97. The molecule has 160 valence electrons. The Labute approximate surface area is 172 Å². The van der Waals surface area contributed by atoms with Crippen molar-refractivity contribution < 1.29 is 14.3 Å². The van der Waals surface area contributed by atoms with Crippen molar-refractivity contribution in [2.75, 3.05) is 51.3 Å². The molecular weight excluding hydrogens is 372 g/mol. The number of hydrogen-bond donors (Lipinski definition) is 2. The zero-order valence-corrected chi connectivity index (χ0v) is 17.6. The number of likely N-dealkylation sites (N-methyl/N-ethyl adjacent to an activating group) is 1. The van der Waals surface area contributed by atoms with Crippen molar-refractivity contribution in [1.29, 1.82) is 0 Å². The van der Waals surface area contributed by atoms with Crippen molar-refractivity contribution in [3.8, 4) is 0 Å². The van der Waals surface area contributed by atoms with Crippen molar-refractivity contribution in [2.45, 2.75) is 32.7 Å². The maximum Gasteiger partial charge on any atom is 0.273 e. The number of nitrogens with one attached hydrogen (secondary N) is 2. The van der Waals surface area contributed by atoms with Crippen LogP contribution in [0.4, 0.5) is 5.95 Å². The minimum absolute atomic E-state index is 0.262. The number of aromatic nitrogens is 2. The average molecular weight is 405 g/mol. The van der Waals surface area contributed by atoms with Gasteiger partial charge in [-0.25, -0.2) is 9.97 Å². The monoisotopic (exact) mass is 404 g/mol. The van der Waals surface area contributed by atoms with Crippen LogP contribution in [-0.2, 0) is 14.3 Å². The number of piperidine rings is 1. The van der Waals surface area contributed by atoms with E-state index in [1.54, 1.807) is 25.4 Å². The molecule has 2 amide bonds. The van der Waals surface area contributed by atoms with Gasteiger partial charge in [-0.15, -0.1) is 0 Å². The second-order valence-electron chi connectivity index (χ2n) is 6.55. The molecular formula is C20H32N6O3. The molecule has 9 nitrogen and oxygen atoms in total. The van der Waals surface area contributed by atoms with Crippen LogP contribution in [-0.4, -0.2) is 79.7 Å². The largest absolute Gasteiger partial charge is 0.384 e. The van der Waals surface area contributed by atoms with Gasteiger partial charge >= 0.3 is 0 Å². The summed E-state index contributed by atoms with van der Waals surface area (Å²) >= 11 is 0. The van der Waals surface area contributed by atoms with E-state index in [-0.39, 0.29) is 5.70 Å². The van der Waals surface area contributed by atoms with Gasteiger partial charge < -0.3 is 15.0 Å². The number of ether oxygens (including phenoxy) is 1. The molecule has 2 fully saturated rings. The first kappa shape index (κ1) is 22.8. The van der Waals surface area contributed by atoms with Crippen LogP contribution in [0.3, 0.4) is 0 Å². The van der Waals surface area contributed by atoms with Crippen molar-refractivity contribution in [2.24, 2.45) is 0 Å². The molecule has 0 saturated carbocycles. The summed E-state index contributed by atoms with van der Waals surface area (Å²) in [6.45, 7) is 9.47. The zero-order valence-electron chi connectivity index (χ0n) is 17.6. The Morgan fingerprint density at radius 2 is 1.90 bits per heavy atom. The van der Waals surface area contributed by atoms with Crippen molar-refractivity contribution in [3.63, 3.8) is 0 Å². The van der Waals surface area contributed by atoms with Crippen LogP contribution in [0.1, 0.15) is 32.4 Å². The standard InChI is InChI=1S/C18H26N6O3.C2H6/c1-19-16(17(26)21-13-25)12-14-2-5-20-18(22-14)24-6-3-15(4-7-24)23-8-10-27-11-9-23;1-2/h2,5,12-13,15,19H,3-4,6-11H2,1H3,(H,21,25,26);1-2H3/b16-12-;. The summed E-state index contributed by atoms with van der Waals surface area (Å²) in [5, 5.41) is 4.89. The summed E-state index contributed by atoms with van der Waals surface area (Å²) in [7, 11) is 1.62. The van der Waals surface area contributed by atoms with Crippen molar-refractivity contribution >= 4 is 24.3 Å². The fourth-order valence-corrected chi connectivity index (χ4v) is 3.50. The Bertz CT molecular complexity index is 683. The van der Waals surface area contributed by atoms with Crippen LogP contribution in [0.5, 0.6) is 0 Å². The van der Waals surface area contributed by atoms with E-state index in [0.29, 0.717) is 24.1 Å². The first-order valence-corrected chi connectivity index (χ1v) is 10.2. The molecule has 0 spiro atoms. The van der Waals surface area contributed by atoms with Gasteiger partial charge in [0.15, 0.2) is 0 Å². The molecule has 3 heterocycles. The minimum Gasteiger partial charge on any atom is -0.384 e. The molecule has 9 heteroatoms. The predicted octanol–water partition coefficient (Wildman–Crippen LogP) is 0.637. The first-order chi connectivity index (χ1) is 14.2. The second kappa shape index (κ2) is 12.1. The topological polar surface area (TPSA) is 99.7 Å². The average Bonchev–Trinajstić information content (AvgIpc) is 2.80. The number of carbonyl (C=O) groups is 2. The molecule has 29 heavy (non-hydrogen) atoms. The number of rotatable bonds is 6. The summed E-state index contributed by atoms with van der Waals surface area (Å²) in [6, 6.07) is 2.33. The van der Waals surface area contributed by atoms with Crippen molar-refractivity contribution in [1.82, 2.24) is 25.5 Å².